The number of amides is 1. The molecule has 4 aromatic rings. The predicted molar refractivity (Wildman–Crippen MR) is 114 cm³/mol. The van der Waals surface area contributed by atoms with Crippen LogP contribution in [0.25, 0.3) is 10.9 Å². The summed E-state index contributed by atoms with van der Waals surface area (Å²) in [6.45, 7) is 0.482. The van der Waals surface area contributed by atoms with Crippen LogP contribution in [0.15, 0.2) is 66.7 Å². The van der Waals surface area contributed by atoms with Gasteiger partial charge in [0.1, 0.15) is 17.4 Å². The van der Waals surface area contributed by atoms with Gasteiger partial charge in [-0.15, -0.1) is 0 Å². The van der Waals surface area contributed by atoms with Gasteiger partial charge < -0.3 is 14.6 Å². The number of hydrogen-bond acceptors (Lipinski definition) is 2. The molecule has 0 spiro atoms. The van der Waals surface area contributed by atoms with Gasteiger partial charge in [-0.2, -0.15) is 0 Å². The second kappa shape index (κ2) is 7.54. The molecule has 0 saturated heterocycles. The lowest BCUT2D eigenvalue weighted by Gasteiger charge is -2.36. The molecule has 0 bridgehead atoms. The fourth-order valence-electron chi connectivity index (χ4n) is 4.36. The van der Waals surface area contributed by atoms with Crippen LogP contribution in [0.1, 0.15) is 33.2 Å². The average molecular weight is 418 g/mol. The summed E-state index contributed by atoms with van der Waals surface area (Å²) in [4.78, 5) is 18.6. The summed E-state index contributed by atoms with van der Waals surface area (Å²) in [5, 5.41) is 1.05. The number of rotatable bonds is 3. The number of benzene rings is 3. The number of carbonyl (C=O) groups is 1. The van der Waals surface area contributed by atoms with Crippen molar-refractivity contribution in [2.24, 2.45) is 0 Å². The minimum atomic E-state index is -0.416. The van der Waals surface area contributed by atoms with Crippen LogP contribution in [0.3, 0.4) is 0 Å². The molecule has 156 valence electrons. The third kappa shape index (κ3) is 3.34. The first kappa shape index (κ1) is 19.3. The van der Waals surface area contributed by atoms with E-state index in [1.807, 2.05) is 18.2 Å². The van der Waals surface area contributed by atoms with Crippen molar-refractivity contribution in [2.45, 2.75) is 12.5 Å². The van der Waals surface area contributed by atoms with Crippen molar-refractivity contribution in [3.63, 3.8) is 0 Å². The number of aromatic amines is 1. The van der Waals surface area contributed by atoms with Gasteiger partial charge in [-0.3, -0.25) is 4.79 Å². The largest absolute Gasteiger partial charge is 0.497 e. The van der Waals surface area contributed by atoms with E-state index < -0.39 is 11.9 Å². The molecule has 0 fully saturated rings. The average Bonchev–Trinajstić information content (AvgIpc) is 3.17. The molecule has 0 radical (unpaired) electrons. The molecule has 1 aromatic heterocycles. The van der Waals surface area contributed by atoms with Gasteiger partial charge in [0.05, 0.1) is 13.2 Å². The zero-order valence-electron chi connectivity index (χ0n) is 16.9. The lowest BCUT2D eigenvalue weighted by atomic mass is 9.91. The van der Waals surface area contributed by atoms with E-state index in [1.54, 1.807) is 24.1 Å². The van der Waals surface area contributed by atoms with Crippen LogP contribution >= 0.6 is 0 Å². The summed E-state index contributed by atoms with van der Waals surface area (Å²) in [6.07, 6.45) is 0.660. The van der Waals surface area contributed by atoms with E-state index in [0.29, 0.717) is 18.5 Å². The second-order valence-corrected chi connectivity index (χ2v) is 7.64. The molecule has 1 atom stereocenters. The maximum absolute atomic E-state index is 13.6. The van der Waals surface area contributed by atoms with Crippen LogP contribution in [0, 0.1) is 11.6 Å². The molecule has 0 unspecified atom stereocenters. The van der Waals surface area contributed by atoms with Gasteiger partial charge in [0.15, 0.2) is 0 Å². The number of nitrogens with zero attached hydrogens (tertiary/aromatic N) is 1. The zero-order chi connectivity index (χ0) is 21.5. The fourth-order valence-corrected chi connectivity index (χ4v) is 4.36. The van der Waals surface area contributed by atoms with Gasteiger partial charge in [-0.05, 0) is 72.1 Å². The highest BCUT2D eigenvalue weighted by Gasteiger charge is 2.35. The van der Waals surface area contributed by atoms with E-state index in [-0.39, 0.29) is 11.7 Å². The smallest absolute Gasteiger partial charge is 0.254 e. The number of fused-ring (bicyclic) bond motifs is 3. The summed E-state index contributed by atoms with van der Waals surface area (Å²) >= 11 is 0. The van der Waals surface area contributed by atoms with Crippen LogP contribution < -0.4 is 4.74 Å². The Morgan fingerprint density at radius 1 is 1.00 bits per heavy atom. The Morgan fingerprint density at radius 3 is 2.35 bits per heavy atom. The van der Waals surface area contributed by atoms with Crippen molar-refractivity contribution in [2.75, 3.05) is 13.7 Å². The number of halogens is 2. The predicted octanol–water partition coefficient (Wildman–Crippen LogP) is 5.24. The maximum Gasteiger partial charge on any atom is 0.254 e. The van der Waals surface area contributed by atoms with Crippen LogP contribution in [0.4, 0.5) is 8.78 Å². The van der Waals surface area contributed by atoms with Gasteiger partial charge in [0.25, 0.3) is 5.91 Å². The molecule has 2 heterocycles. The first-order chi connectivity index (χ1) is 15.0. The lowest BCUT2D eigenvalue weighted by molar-refractivity contribution is 0.0692. The number of H-pyrrole nitrogens is 1. The fraction of sp³-hybridized carbons (Fsp3) is 0.160. The number of hydrogen-bond donors (Lipinski definition) is 1. The van der Waals surface area contributed by atoms with Gasteiger partial charge in [-0.1, -0.05) is 12.1 Å². The van der Waals surface area contributed by atoms with Gasteiger partial charge in [0.2, 0.25) is 0 Å². The summed E-state index contributed by atoms with van der Waals surface area (Å²) in [5.41, 5.74) is 4.18. The van der Waals surface area contributed by atoms with E-state index in [1.165, 1.54) is 36.4 Å². The molecule has 0 saturated carbocycles. The number of ether oxygens (including phenoxy) is 1. The maximum atomic E-state index is 13.6. The molecule has 31 heavy (non-hydrogen) atoms. The highest BCUT2D eigenvalue weighted by molar-refractivity contribution is 5.95. The third-order valence-corrected chi connectivity index (χ3v) is 5.87. The molecule has 3 aromatic carbocycles. The van der Waals surface area contributed by atoms with Gasteiger partial charge >= 0.3 is 0 Å². The molecule has 1 amide bonds. The minimum absolute atomic E-state index is 0.198. The van der Waals surface area contributed by atoms with Crippen molar-refractivity contribution < 1.29 is 18.3 Å². The molecule has 1 aliphatic rings. The molecule has 0 aliphatic carbocycles. The van der Waals surface area contributed by atoms with Crippen LogP contribution in [0.2, 0.25) is 0 Å². The quantitative estimate of drug-likeness (QED) is 0.494. The number of methoxy groups -OCH3 is 1. The summed E-state index contributed by atoms with van der Waals surface area (Å²) in [7, 11) is 1.63. The first-order valence-corrected chi connectivity index (χ1v) is 10.1. The number of nitrogens with one attached hydrogen (secondary N) is 1. The monoisotopic (exact) mass is 418 g/mol. The van der Waals surface area contributed by atoms with E-state index in [4.69, 9.17) is 4.74 Å². The molecule has 4 nitrogen and oxygen atoms in total. The molecular formula is C25H20F2N2O2. The van der Waals surface area contributed by atoms with E-state index in [0.717, 1.165) is 33.5 Å². The zero-order valence-corrected chi connectivity index (χ0v) is 16.9. The second-order valence-electron chi connectivity index (χ2n) is 7.64. The Kier molecular flexibility index (Phi) is 4.70. The Bertz CT molecular complexity index is 1260. The van der Waals surface area contributed by atoms with E-state index >= 15 is 0 Å². The Balaban J connectivity index is 1.65. The topological polar surface area (TPSA) is 45.3 Å². The standard InChI is InChI=1S/C25H20F2N2O2/c1-31-19-10-11-22-21(14-19)20-12-13-29(25(30)16-4-8-18(27)9-5-16)24(23(20)28-22)15-2-6-17(26)7-3-15/h2-11,14,24,28H,12-13H2,1H3/t24-/m0/s1. The Morgan fingerprint density at radius 2 is 1.68 bits per heavy atom. The minimum Gasteiger partial charge on any atom is -0.497 e. The highest BCUT2D eigenvalue weighted by atomic mass is 19.1. The third-order valence-electron chi connectivity index (χ3n) is 5.87. The van der Waals surface area contributed by atoms with E-state index in [9.17, 15) is 13.6 Å². The van der Waals surface area contributed by atoms with Crippen molar-refractivity contribution >= 4 is 16.8 Å². The number of aromatic nitrogens is 1. The summed E-state index contributed by atoms with van der Waals surface area (Å²) < 4.78 is 32.4. The Labute approximate surface area is 178 Å². The molecule has 1 aliphatic heterocycles. The SMILES string of the molecule is COc1ccc2[nH]c3c(c2c1)CCN(C(=O)c1ccc(F)cc1)[C@H]3c1ccc(F)cc1. The van der Waals surface area contributed by atoms with Crippen molar-refractivity contribution in [1.29, 1.82) is 0 Å². The molecular weight excluding hydrogens is 398 g/mol. The summed E-state index contributed by atoms with van der Waals surface area (Å²) in [5.74, 6) is -0.164. The van der Waals surface area contributed by atoms with Gasteiger partial charge in [-0.25, -0.2) is 8.78 Å². The van der Waals surface area contributed by atoms with E-state index in [2.05, 4.69) is 4.98 Å². The molecule has 6 heteroatoms. The van der Waals surface area contributed by atoms with Crippen molar-refractivity contribution in [1.82, 2.24) is 9.88 Å². The molecule has 5 rings (SSSR count). The van der Waals surface area contributed by atoms with Crippen LogP contribution in [-0.4, -0.2) is 29.4 Å². The normalized spacial score (nSPS) is 15.7. The Hall–Kier alpha value is -3.67. The molecule has 1 N–H and O–H groups in total. The van der Waals surface area contributed by atoms with Crippen LogP contribution in [0.5, 0.6) is 5.75 Å². The highest BCUT2D eigenvalue weighted by Crippen LogP contribution is 2.40. The lowest BCUT2D eigenvalue weighted by Crippen LogP contribution is -2.40. The van der Waals surface area contributed by atoms with Crippen molar-refractivity contribution in [3.8, 4) is 5.75 Å². The number of carbonyl (C=O) groups excluding carboxylic acids is 1. The van der Waals surface area contributed by atoms with Gasteiger partial charge in [0, 0.05) is 28.7 Å². The van der Waals surface area contributed by atoms with Crippen LogP contribution in [-0.2, 0) is 6.42 Å². The summed E-state index contributed by atoms with van der Waals surface area (Å²) in [6, 6.07) is 17.2. The van der Waals surface area contributed by atoms with Crippen molar-refractivity contribution in [3.05, 3.63) is 101 Å². The first-order valence-electron chi connectivity index (χ1n) is 10.1.